The van der Waals surface area contributed by atoms with Crippen LogP contribution in [0.1, 0.15) is 21.5 Å². The number of rotatable bonds is 4. The van der Waals surface area contributed by atoms with E-state index in [1.165, 1.54) is 5.56 Å². The van der Waals surface area contributed by atoms with E-state index in [0.717, 1.165) is 22.6 Å². The fourth-order valence-electron chi connectivity index (χ4n) is 1.47. The molecule has 0 spiro atoms. The molecular formula is C14H13NOS. The summed E-state index contributed by atoms with van der Waals surface area (Å²) < 4.78 is 0. The number of benzene rings is 1. The molecule has 2 aromatic rings. The molecule has 0 N–H and O–H groups in total. The zero-order chi connectivity index (χ0) is 12.1. The molecule has 0 bridgehead atoms. The van der Waals surface area contributed by atoms with Gasteiger partial charge in [-0.15, -0.1) is 11.8 Å². The molecule has 1 heterocycles. The van der Waals surface area contributed by atoms with Crippen molar-refractivity contribution in [1.29, 1.82) is 0 Å². The number of hydrogen-bond donors (Lipinski definition) is 0. The number of nitrogens with zero attached hydrogens (tertiary/aromatic N) is 1. The Bertz CT molecular complexity index is 511. The van der Waals surface area contributed by atoms with Gasteiger partial charge < -0.3 is 0 Å². The van der Waals surface area contributed by atoms with Gasteiger partial charge in [0.25, 0.3) is 0 Å². The van der Waals surface area contributed by atoms with Crippen LogP contribution in [-0.4, -0.2) is 11.3 Å². The highest BCUT2D eigenvalue weighted by Gasteiger charge is 2.01. The third-order valence-corrected chi connectivity index (χ3v) is 3.48. The van der Waals surface area contributed by atoms with E-state index in [2.05, 4.69) is 17.1 Å². The zero-order valence-electron chi connectivity index (χ0n) is 9.59. The second-order valence-corrected chi connectivity index (χ2v) is 4.77. The molecule has 17 heavy (non-hydrogen) atoms. The van der Waals surface area contributed by atoms with E-state index in [4.69, 9.17) is 0 Å². The maximum absolute atomic E-state index is 10.7. The summed E-state index contributed by atoms with van der Waals surface area (Å²) >= 11 is 1.68. The Hall–Kier alpha value is -1.61. The molecule has 86 valence electrons. The number of aromatic nitrogens is 1. The Morgan fingerprint density at radius 3 is 2.71 bits per heavy atom. The predicted molar refractivity (Wildman–Crippen MR) is 70.4 cm³/mol. The molecular weight excluding hydrogens is 230 g/mol. The lowest BCUT2D eigenvalue weighted by atomic mass is 10.2. The van der Waals surface area contributed by atoms with Crippen molar-refractivity contribution in [2.24, 2.45) is 0 Å². The lowest BCUT2D eigenvalue weighted by molar-refractivity contribution is 0.112. The van der Waals surface area contributed by atoms with Crippen LogP contribution in [0.4, 0.5) is 0 Å². The first kappa shape index (κ1) is 11.9. The summed E-state index contributed by atoms with van der Waals surface area (Å²) in [6.07, 6.45) is 2.48. The van der Waals surface area contributed by atoms with Crippen LogP contribution in [0, 0.1) is 6.92 Å². The molecule has 0 atom stereocenters. The van der Waals surface area contributed by atoms with Gasteiger partial charge in [-0.1, -0.05) is 30.3 Å². The van der Waals surface area contributed by atoms with Gasteiger partial charge in [-0.3, -0.25) is 4.79 Å². The summed E-state index contributed by atoms with van der Waals surface area (Å²) in [4.78, 5) is 14.9. The van der Waals surface area contributed by atoms with Gasteiger partial charge in [0.05, 0.1) is 5.03 Å². The van der Waals surface area contributed by atoms with Crippen molar-refractivity contribution < 1.29 is 4.79 Å². The van der Waals surface area contributed by atoms with Gasteiger partial charge in [-0.2, -0.15) is 0 Å². The van der Waals surface area contributed by atoms with E-state index < -0.39 is 0 Å². The van der Waals surface area contributed by atoms with E-state index in [-0.39, 0.29) is 0 Å². The van der Waals surface area contributed by atoms with E-state index in [1.54, 1.807) is 18.0 Å². The number of thioether (sulfide) groups is 1. The first-order chi connectivity index (χ1) is 8.29. The van der Waals surface area contributed by atoms with Gasteiger partial charge in [-0.25, -0.2) is 4.98 Å². The van der Waals surface area contributed by atoms with Crippen LogP contribution in [0.15, 0.2) is 47.6 Å². The molecule has 1 aromatic heterocycles. The average Bonchev–Trinajstić information content (AvgIpc) is 2.38. The van der Waals surface area contributed by atoms with E-state index in [1.807, 2.05) is 31.2 Å². The van der Waals surface area contributed by atoms with Crippen LogP contribution in [0.2, 0.25) is 0 Å². The average molecular weight is 243 g/mol. The maximum Gasteiger partial charge on any atom is 0.151 e. The molecule has 2 rings (SSSR count). The van der Waals surface area contributed by atoms with E-state index >= 15 is 0 Å². The molecule has 1 aromatic carbocycles. The zero-order valence-corrected chi connectivity index (χ0v) is 10.4. The predicted octanol–water partition coefficient (Wildman–Crippen LogP) is 3.49. The third kappa shape index (κ3) is 3.17. The standard InChI is InChI=1S/C14H13NOS/c1-11-7-14(15-8-13(11)9-16)17-10-12-5-3-2-4-6-12/h2-9H,10H2,1H3. The maximum atomic E-state index is 10.7. The molecule has 0 saturated carbocycles. The molecule has 2 nitrogen and oxygen atoms in total. The lowest BCUT2D eigenvalue weighted by Crippen LogP contribution is -1.90. The summed E-state index contributed by atoms with van der Waals surface area (Å²) in [5.41, 5.74) is 2.91. The summed E-state index contributed by atoms with van der Waals surface area (Å²) in [6, 6.07) is 12.2. The lowest BCUT2D eigenvalue weighted by Gasteiger charge is -2.03. The van der Waals surface area contributed by atoms with Gasteiger partial charge in [0.1, 0.15) is 0 Å². The Morgan fingerprint density at radius 2 is 2.06 bits per heavy atom. The minimum atomic E-state index is 0.661. The fourth-order valence-corrected chi connectivity index (χ4v) is 2.37. The second-order valence-electron chi connectivity index (χ2n) is 3.77. The summed E-state index contributed by atoms with van der Waals surface area (Å²) in [6.45, 7) is 1.93. The van der Waals surface area contributed by atoms with Gasteiger partial charge in [0.15, 0.2) is 6.29 Å². The monoisotopic (exact) mass is 243 g/mol. The van der Waals surface area contributed by atoms with Crippen LogP contribution in [-0.2, 0) is 5.75 Å². The number of aryl methyl sites for hydroxylation is 1. The van der Waals surface area contributed by atoms with Gasteiger partial charge in [0.2, 0.25) is 0 Å². The van der Waals surface area contributed by atoms with E-state index in [9.17, 15) is 4.79 Å². The van der Waals surface area contributed by atoms with Crippen molar-refractivity contribution in [1.82, 2.24) is 4.98 Å². The largest absolute Gasteiger partial charge is 0.298 e. The molecule has 0 amide bonds. The SMILES string of the molecule is Cc1cc(SCc2ccccc2)ncc1C=O. The second kappa shape index (κ2) is 5.64. The van der Waals surface area contributed by atoms with Gasteiger partial charge in [0, 0.05) is 17.5 Å². The molecule has 0 aliphatic rings. The molecule has 0 radical (unpaired) electrons. The van der Waals surface area contributed by atoms with Crippen molar-refractivity contribution in [3.63, 3.8) is 0 Å². The molecule has 3 heteroatoms. The third-order valence-electron chi connectivity index (χ3n) is 2.48. The van der Waals surface area contributed by atoms with Crippen LogP contribution in [0.25, 0.3) is 0 Å². The smallest absolute Gasteiger partial charge is 0.151 e. The summed E-state index contributed by atoms with van der Waals surface area (Å²) in [5.74, 6) is 0.897. The van der Waals surface area contributed by atoms with Crippen molar-refractivity contribution in [2.75, 3.05) is 0 Å². The van der Waals surface area contributed by atoms with Gasteiger partial charge in [-0.05, 0) is 24.1 Å². The van der Waals surface area contributed by atoms with Crippen molar-refractivity contribution in [3.05, 3.63) is 59.3 Å². The Kier molecular flexibility index (Phi) is 3.94. The van der Waals surface area contributed by atoms with Crippen LogP contribution in [0.3, 0.4) is 0 Å². The number of pyridine rings is 1. The minimum absolute atomic E-state index is 0.661. The number of carbonyl (C=O) groups excluding carboxylic acids is 1. The van der Waals surface area contributed by atoms with E-state index in [0.29, 0.717) is 5.56 Å². The highest BCUT2D eigenvalue weighted by molar-refractivity contribution is 7.98. The van der Waals surface area contributed by atoms with Crippen molar-refractivity contribution in [2.45, 2.75) is 17.7 Å². The first-order valence-corrected chi connectivity index (χ1v) is 6.36. The van der Waals surface area contributed by atoms with Crippen LogP contribution < -0.4 is 0 Å². The number of hydrogen-bond acceptors (Lipinski definition) is 3. The van der Waals surface area contributed by atoms with Crippen molar-refractivity contribution in [3.8, 4) is 0 Å². The summed E-state index contributed by atoms with van der Waals surface area (Å²) in [7, 11) is 0. The molecule has 0 saturated heterocycles. The number of carbonyl (C=O) groups is 1. The normalized spacial score (nSPS) is 10.2. The fraction of sp³-hybridized carbons (Fsp3) is 0.143. The van der Waals surface area contributed by atoms with Crippen LogP contribution in [0.5, 0.6) is 0 Å². The topological polar surface area (TPSA) is 30.0 Å². The molecule has 0 aliphatic carbocycles. The minimum Gasteiger partial charge on any atom is -0.298 e. The highest BCUT2D eigenvalue weighted by atomic mass is 32.2. The highest BCUT2D eigenvalue weighted by Crippen LogP contribution is 2.22. The Balaban J connectivity index is 2.05. The molecule has 0 aliphatic heterocycles. The molecule has 0 fully saturated rings. The van der Waals surface area contributed by atoms with Crippen molar-refractivity contribution >= 4 is 18.0 Å². The number of aldehydes is 1. The molecule has 0 unspecified atom stereocenters. The Morgan fingerprint density at radius 1 is 1.29 bits per heavy atom. The first-order valence-electron chi connectivity index (χ1n) is 5.38. The van der Waals surface area contributed by atoms with Crippen LogP contribution >= 0.6 is 11.8 Å². The Labute approximate surface area is 105 Å². The summed E-state index contributed by atoms with van der Waals surface area (Å²) in [5, 5.41) is 0.956. The quantitative estimate of drug-likeness (QED) is 0.608. The van der Waals surface area contributed by atoms with Gasteiger partial charge >= 0.3 is 0 Å².